The lowest BCUT2D eigenvalue weighted by molar-refractivity contribution is -0.0950. The first-order valence-electron chi connectivity index (χ1n) is 9.60. The van der Waals surface area contributed by atoms with Gasteiger partial charge in [0.15, 0.2) is 0 Å². The van der Waals surface area contributed by atoms with Gasteiger partial charge in [-0.25, -0.2) is 4.98 Å². The van der Waals surface area contributed by atoms with E-state index in [1.165, 1.54) is 5.56 Å². The van der Waals surface area contributed by atoms with E-state index >= 15 is 0 Å². The largest absolute Gasteiger partial charge is 0.381 e. The average molecular weight is 355 g/mol. The highest BCUT2D eigenvalue weighted by molar-refractivity contribution is 5.16. The molecule has 2 fully saturated rings. The third-order valence-corrected chi connectivity index (χ3v) is 6.33. The summed E-state index contributed by atoms with van der Waals surface area (Å²) < 4.78 is 14.0. The van der Waals surface area contributed by atoms with Crippen LogP contribution in [0.4, 0.5) is 0 Å². The third-order valence-electron chi connectivity index (χ3n) is 6.33. The van der Waals surface area contributed by atoms with Gasteiger partial charge in [-0.05, 0) is 31.2 Å². The molecule has 0 N–H and O–H groups in total. The Morgan fingerprint density at radius 1 is 1.15 bits per heavy atom. The normalized spacial score (nSPS) is 29.0. The predicted molar refractivity (Wildman–Crippen MR) is 101 cm³/mol. The lowest BCUT2D eigenvalue weighted by Gasteiger charge is -2.43. The molecule has 4 rings (SSSR count). The van der Waals surface area contributed by atoms with Crippen LogP contribution in [0.15, 0.2) is 42.7 Å². The van der Waals surface area contributed by atoms with E-state index in [0.717, 1.165) is 51.1 Å². The van der Waals surface area contributed by atoms with E-state index in [-0.39, 0.29) is 5.60 Å². The molecule has 1 aliphatic heterocycles. The van der Waals surface area contributed by atoms with Crippen molar-refractivity contribution >= 4 is 0 Å². The highest BCUT2D eigenvalue weighted by atomic mass is 16.5. The van der Waals surface area contributed by atoms with Crippen LogP contribution in [0.2, 0.25) is 0 Å². The third kappa shape index (κ3) is 3.31. The number of hydrogen-bond acceptors (Lipinski definition) is 4. The maximum absolute atomic E-state index is 6.05. The van der Waals surface area contributed by atoms with Gasteiger partial charge in [-0.3, -0.25) is 4.90 Å². The van der Waals surface area contributed by atoms with Gasteiger partial charge >= 0.3 is 0 Å². The number of rotatable bonds is 6. The minimum atomic E-state index is -0.00805. The van der Waals surface area contributed by atoms with Crippen LogP contribution in [0.25, 0.3) is 0 Å². The van der Waals surface area contributed by atoms with Crippen molar-refractivity contribution in [2.24, 2.45) is 0 Å². The van der Waals surface area contributed by atoms with E-state index in [4.69, 9.17) is 9.47 Å². The minimum absolute atomic E-state index is 0.00805. The summed E-state index contributed by atoms with van der Waals surface area (Å²) in [4.78, 5) is 7.20. The molecule has 1 aromatic carbocycles. The summed E-state index contributed by atoms with van der Waals surface area (Å²) in [5, 5.41) is 0. The van der Waals surface area contributed by atoms with Crippen LogP contribution in [0.5, 0.6) is 0 Å². The first-order valence-corrected chi connectivity index (χ1v) is 9.60. The van der Waals surface area contributed by atoms with Gasteiger partial charge in [-0.1, -0.05) is 30.3 Å². The van der Waals surface area contributed by atoms with E-state index in [9.17, 15) is 0 Å². The second-order valence-corrected chi connectivity index (χ2v) is 7.59. The zero-order valence-corrected chi connectivity index (χ0v) is 15.8. The molecule has 26 heavy (non-hydrogen) atoms. The molecule has 5 nitrogen and oxygen atoms in total. The molecule has 2 aromatic rings. The lowest BCUT2D eigenvalue weighted by atomic mass is 9.79. The summed E-state index contributed by atoms with van der Waals surface area (Å²) in [5.74, 6) is 1.13. The van der Waals surface area contributed by atoms with Crippen molar-refractivity contribution < 1.29 is 9.47 Å². The van der Waals surface area contributed by atoms with Crippen molar-refractivity contribution in [3.05, 3.63) is 54.1 Å². The van der Waals surface area contributed by atoms with Crippen LogP contribution >= 0.6 is 0 Å². The molecule has 1 saturated carbocycles. The van der Waals surface area contributed by atoms with Crippen molar-refractivity contribution in [1.82, 2.24) is 14.5 Å². The van der Waals surface area contributed by atoms with E-state index in [2.05, 4.69) is 51.0 Å². The molecule has 3 atom stereocenters. The number of methoxy groups -OCH3 is 2. The lowest BCUT2D eigenvalue weighted by Crippen LogP contribution is -2.51. The van der Waals surface area contributed by atoms with Crippen LogP contribution in [-0.2, 0) is 22.6 Å². The molecule has 0 radical (unpaired) electrons. The summed E-state index contributed by atoms with van der Waals surface area (Å²) in [5.41, 5.74) is 1.29. The molecular weight excluding hydrogens is 326 g/mol. The molecule has 0 amide bonds. The second kappa shape index (κ2) is 7.51. The molecular formula is C21H29N3O2. The Hall–Kier alpha value is -1.69. The van der Waals surface area contributed by atoms with Gasteiger partial charge in [0.05, 0.1) is 18.2 Å². The fourth-order valence-electron chi connectivity index (χ4n) is 4.76. The Kier molecular flexibility index (Phi) is 5.11. The summed E-state index contributed by atoms with van der Waals surface area (Å²) in [6, 6.07) is 11.0. The summed E-state index contributed by atoms with van der Waals surface area (Å²) in [6.45, 7) is 2.80. The Labute approximate surface area is 155 Å². The van der Waals surface area contributed by atoms with E-state index in [0.29, 0.717) is 12.1 Å². The van der Waals surface area contributed by atoms with Crippen molar-refractivity contribution in [3.63, 3.8) is 0 Å². The Bertz CT molecular complexity index is 717. The van der Waals surface area contributed by atoms with Crippen LogP contribution < -0.4 is 0 Å². The second-order valence-electron chi connectivity index (χ2n) is 7.59. The highest BCUT2D eigenvalue weighted by Crippen LogP contribution is 2.43. The van der Waals surface area contributed by atoms with E-state index in [1.807, 2.05) is 20.4 Å². The Morgan fingerprint density at radius 3 is 2.77 bits per heavy atom. The maximum Gasteiger partial charge on any atom is 0.123 e. The fourth-order valence-corrected chi connectivity index (χ4v) is 4.76. The van der Waals surface area contributed by atoms with Crippen molar-refractivity contribution in [2.45, 2.75) is 56.5 Å². The van der Waals surface area contributed by atoms with Crippen LogP contribution in [-0.4, -0.2) is 53.0 Å². The van der Waals surface area contributed by atoms with Crippen molar-refractivity contribution in [1.29, 1.82) is 0 Å². The van der Waals surface area contributed by atoms with Crippen molar-refractivity contribution in [3.8, 4) is 0 Å². The smallest absolute Gasteiger partial charge is 0.123 e. The summed E-state index contributed by atoms with van der Waals surface area (Å²) in [6.07, 6.45) is 8.66. The highest BCUT2D eigenvalue weighted by Gasteiger charge is 2.51. The number of imidazole rings is 1. The molecule has 0 spiro atoms. The molecule has 140 valence electrons. The van der Waals surface area contributed by atoms with Crippen molar-refractivity contribution in [2.75, 3.05) is 20.8 Å². The molecule has 0 bridgehead atoms. The molecule has 2 aliphatic rings. The van der Waals surface area contributed by atoms with Gasteiger partial charge in [0.1, 0.15) is 5.82 Å². The number of ether oxygens (including phenoxy) is 2. The summed E-state index contributed by atoms with van der Waals surface area (Å²) >= 11 is 0. The van der Waals surface area contributed by atoms with Crippen LogP contribution in [0.3, 0.4) is 0 Å². The van der Waals surface area contributed by atoms with E-state index < -0.39 is 0 Å². The number of likely N-dealkylation sites (tertiary alicyclic amines) is 1. The van der Waals surface area contributed by atoms with Gasteiger partial charge in [-0.15, -0.1) is 0 Å². The summed E-state index contributed by atoms with van der Waals surface area (Å²) in [7, 11) is 3.70. The average Bonchev–Trinajstić information content (AvgIpc) is 3.27. The van der Waals surface area contributed by atoms with Crippen LogP contribution in [0.1, 0.15) is 37.1 Å². The first-order chi connectivity index (χ1) is 12.7. The fraction of sp³-hybridized carbons (Fsp3) is 0.571. The number of aromatic nitrogens is 2. The van der Waals surface area contributed by atoms with Gasteiger partial charge in [0.25, 0.3) is 0 Å². The maximum atomic E-state index is 6.05. The zero-order valence-electron chi connectivity index (χ0n) is 15.8. The number of hydrogen-bond donors (Lipinski definition) is 0. The Balaban J connectivity index is 1.50. The topological polar surface area (TPSA) is 39.5 Å². The zero-order chi connectivity index (χ0) is 18.0. The molecule has 0 unspecified atom stereocenters. The minimum Gasteiger partial charge on any atom is -0.381 e. The molecule has 5 heteroatoms. The quantitative estimate of drug-likeness (QED) is 0.798. The molecule has 1 saturated heterocycles. The molecule has 2 heterocycles. The number of benzene rings is 1. The number of fused-ring (bicyclic) bond motifs is 1. The Morgan fingerprint density at radius 2 is 2.00 bits per heavy atom. The number of nitrogens with zero attached hydrogens (tertiary/aromatic N) is 3. The van der Waals surface area contributed by atoms with Crippen LogP contribution in [0, 0.1) is 0 Å². The predicted octanol–water partition coefficient (Wildman–Crippen LogP) is 3.09. The monoisotopic (exact) mass is 355 g/mol. The standard InChI is InChI=1S/C21H29N3O2/c1-25-18-8-9-21(26-2)10-12-23(19(21)14-18)16-20-22-11-13-24(20)15-17-6-4-3-5-7-17/h3-7,11,13,18-19H,8-10,12,14-16H2,1-2H3/t18-,19+,21-/m0/s1. The van der Waals surface area contributed by atoms with Gasteiger partial charge in [-0.2, -0.15) is 0 Å². The first kappa shape index (κ1) is 17.7. The molecule has 1 aliphatic carbocycles. The van der Waals surface area contributed by atoms with Gasteiger partial charge in [0.2, 0.25) is 0 Å². The SMILES string of the molecule is CO[C@H]1CC[C@]2(OC)CCN(Cc3nccn3Cc3ccccc3)[C@@H]2C1. The van der Waals surface area contributed by atoms with E-state index in [1.54, 1.807) is 0 Å². The molecule has 1 aromatic heterocycles. The van der Waals surface area contributed by atoms with Gasteiger partial charge in [0, 0.05) is 45.7 Å². The van der Waals surface area contributed by atoms with Gasteiger partial charge < -0.3 is 14.0 Å².